The first kappa shape index (κ1) is 9.43. The number of nitriles is 1. The van der Waals surface area contributed by atoms with E-state index in [9.17, 15) is 0 Å². The number of rotatable bonds is 0. The molecule has 0 amide bonds. The van der Waals surface area contributed by atoms with E-state index < -0.39 is 0 Å². The first-order valence-corrected chi connectivity index (χ1v) is 1.40. The van der Waals surface area contributed by atoms with Crippen LogP contribution in [-0.4, -0.2) is 0 Å². The molecule has 0 aromatic heterocycles. The minimum Gasteiger partial charge on any atom is -0.192 e. The van der Waals surface area contributed by atoms with Crippen molar-refractivity contribution in [3.05, 3.63) is 24.1 Å². The highest BCUT2D eigenvalue weighted by molar-refractivity contribution is 5.85. The molecule has 0 aromatic carbocycles. The maximum absolute atomic E-state index is 7.76. The van der Waals surface area contributed by atoms with Crippen LogP contribution in [0.25, 0.3) is 0 Å². The number of hydrogen-bond donors (Lipinski definition) is 0. The van der Waals surface area contributed by atoms with Crippen LogP contribution >= 0.6 is 12.4 Å². The molecule has 36 valence electrons. The van der Waals surface area contributed by atoms with Crippen molar-refractivity contribution in [2.45, 2.75) is 0 Å². The molecule has 0 unspecified atom stereocenters. The lowest BCUT2D eigenvalue weighted by Gasteiger charge is -1.39. The van der Waals surface area contributed by atoms with Crippen LogP contribution in [0.2, 0.25) is 0 Å². The van der Waals surface area contributed by atoms with E-state index in [4.69, 9.17) is 5.26 Å². The Kier molecular flexibility index (Phi) is 12.0. The van der Waals surface area contributed by atoms with Crippen LogP contribution in [0.3, 0.4) is 0 Å². The molecule has 0 aliphatic heterocycles. The van der Waals surface area contributed by atoms with Crippen molar-refractivity contribution in [1.29, 1.82) is 5.26 Å². The van der Waals surface area contributed by atoms with Gasteiger partial charge in [-0.05, 0) is 6.58 Å². The van der Waals surface area contributed by atoms with Crippen molar-refractivity contribution in [1.82, 2.24) is 0 Å². The topological polar surface area (TPSA) is 23.8 Å². The van der Waals surface area contributed by atoms with Crippen LogP contribution in [0.1, 0.15) is 0 Å². The molecule has 0 saturated carbocycles. The molecule has 0 fully saturated rings. The molecule has 2 heteroatoms. The van der Waals surface area contributed by atoms with Crippen molar-refractivity contribution in [2.75, 3.05) is 0 Å². The predicted molar refractivity (Wildman–Crippen MR) is 30.1 cm³/mol. The van der Waals surface area contributed by atoms with Gasteiger partial charge in [-0.15, -0.1) is 12.4 Å². The van der Waals surface area contributed by atoms with Crippen molar-refractivity contribution in [3.63, 3.8) is 0 Å². The lowest BCUT2D eigenvalue weighted by atomic mass is 10.6. The Morgan fingerprint density at radius 3 is 2.29 bits per heavy atom. The summed E-state index contributed by atoms with van der Waals surface area (Å²) in [6, 6.07) is 1.73. The quantitative estimate of drug-likeness (QED) is 0.344. The van der Waals surface area contributed by atoms with Gasteiger partial charge in [0.1, 0.15) is 6.07 Å². The molecule has 0 aliphatic carbocycles. The average molecular weight is 114 g/mol. The normalized spacial score (nSPS) is 3.29. The lowest BCUT2D eigenvalue weighted by molar-refractivity contribution is 1.54. The van der Waals surface area contributed by atoms with E-state index in [1.165, 1.54) is 6.08 Å². The molecule has 0 radical (unpaired) electrons. The third-order valence-electron chi connectivity index (χ3n) is 0.239. The minimum atomic E-state index is 0. The first-order valence-electron chi connectivity index (χ1n) is 1.40. The van der Waals surface area contributed by atoms with Crippen LogP contribution in [0.4, 0.5) is 0 Å². The number of nitrogens with zero attached hydrogens (tertiary/aromatic N) is 1. The Labute approximate surface area is 48.7 Å². The van der Waals surface area contributed by atoms with E-state index in [1.807, 2.05) is 0 Å². The Hall–Kier alpha value is -0.920. The summed E-state index contributed by atoms with van der Waals surface area (Å²) in [7, 11) is 0. The molecule has 0 rings (SSSR count). The van der Waals surface area contributed by atoms with E-state index in [-0.39, 0.29) is 12.4 Å². The maximum Gasteiger partial charge on any atom is 0.100 e. The van der Waals surface area contributed by atoms with Crippen LogP contribution in [-0.2, 0) is 0 Å². The highest BCUT2D eigenvalue weighted by Gasteiger charge is 1.43. The Morgan fingerprint density at radius 1 is 1.57 bits per heavy atom. The summed E-state index contributed by atoms with van der Waals surface area (Å²) < 4.78 is 0. The third-order valence-corrected chi connectivity index (χ3v) is 0.239. The summed E-state index contributed by atoms with van der Waals surface area (Å²) in [6.45, 7) is 3.18. The lowest BCUT2D eigenvalue weighted by Crippen LogP contribution is -1.30. The second kappa shape index (κ2) is 8.91. The van der Waals surface area contributed by atoms with E-state index in [1.54, 1.807) is 6.07 Å². The van der Waals surface area contributed by atoms with Crippen LogP contribution in [0.15, 0.2) is 24.1 Å². The van der Waals surface area contributed by atoms with Crippen LogP contribution < -0.4 is 0 Å². The fourth-order valence-electron chi connectivity index (χ4n) is 0.0833. The van der Waals surface area contributed by atoms with Crippen molar-refractivity contribution >= 4 is 12.4 Å². The van der Waals surface area contributed by atoms with E-state index >= 15 is 0 Å². The first-order chi connectivity index (χ1) is 2.91. The zero-order valence-electron chi connectivity index (χ0n) is 3.64. The van der Waals surface area contributed by atoms with Crippen LogP contribution in [0, 0.1) is 11.3 Å². The third kappa shape index (κ3) is 11.1. The minimum absolute atomic E-state index is 0. The van der Waals surface area contributed by atoms with Crippen molar-refractivity contribution in [2.24, 2.45) is 0 Å². The smallest absolute Gasteiger partial charge is 0.100 e. The predicted octanol–water partition coefficient (Wildman–Crippen LogP) is 1.43. The summed E-state index contributed by atoms with van der Waals surface area (Å²) in [5.74, 6) is 0. The SMILES string of the molecule is C=C=C=CC#N.Cl. The summed E-state index contributed by atoms with van der Waals surface area (Å²) in [6.07, 6.45) is 1.19. The zero-order valence-corrected chi connectivity index (χ0v) is 4.46. The summed E-state index contributed by atoms with van der Waals surface area (Å²) in [5.41, 5.74) is 4.64. The molecular formula is C5H4ClN. The fourth-order valence-corrected chi connectivity index (χ4v) is 0.0833. The Balaban J connectivity index is 0. The molecule has 0 saturated heterocycles. The Morgan fingerprint density at radius 2 is 2.14 bits per heavy atom. The van der Waals surface area contributed by atoms with Crippen molar-refractivity contribution in [3.8, 4) is 6.07 Å². The standard InChI is InChI=1S/C5H3N.ClH/c1-2-3-4-5-6;/h4H,1H2;1H. The number of allylic oxidation sites excluding steroid dienone is 1. The largest absolute Gasteiger partial charge is 0.192 e. The van der Waals surface area contributed by atoms with Gasteiger partial charge in [-0.25, -0.2) is 0 Å². The van der Waals surface area contributed by atoms with Gasteiger partial charge in [0.15, 0.2) is 0 Å². The average Bonchev–Trinajstić information content (AvgIpc) is 1.61. The molecule has 0 N–H and O–H groups in total. The molecule has 0 aliphatic rings. The summed E-state index contributed by atoms with van der Waals surface area (Å²) in [5, 5.41) is 7.76. The second-order valence-corrected chi connectivity index (χ2v) is 0.595. The van der Waals surface area contributed by atoms with Gasteiger partial charge in [0.2, 0.25) is 0 Å². The van der Waals surface area contributed by atoms with Gasteiger partial charge in [0.25, 0.3) is 0 Å². The number of halogens is 1. The van der Waals surface area contributed by atoms with Crippen LogP contribution in [0.5, 0.6) is 0 Å². The highest BCUT2D eigenvalue weighted by atomic mass is 35.5. The molecule has 0 spiro atoms. The van der Waals surface area contributed by atoms with Gasteiger partial charge in [-0.3, -0.25) is 0 Å². The molecule has 0 aromatic rings. The summed E-state index contributed by atoms with van der Waals surface area (Å²) >= 11 is 0. The van der Waals surface area contributed by atoms with E-state index in [0.29, 0.717) is 0 Å². The molecule has 0 heterocycles. The maximum atomic E-state index is 7.76. The van der Waals surface area contributed by atoms with Gasteiger partial charge < -0.3 is 0 Å². The summed E-state index contributed by atoms with van der Waals surface area (Å²) in [4.78, 5) is 0. The van der Waals surface area contributed by atoms with Gasteiger partial charge in [0.05, 0.1) is 6.08 Å². The van der Waals surface area contributed by atoms with E-state index in [2.05, 4.69) is 18.0 Å². The Bertz CT molecular complexity index is 142. The molecule has 0 atom stereocenters. The molecule has 1 nitrogen and oxygen atoms in total. The van der Waals surface area contributed by atoms with Gasteiger partial charge in [-0.1, -0.05) is 11.5 Å². The molecular weight excluding hydrogens is 110 g/mol. The highest BCUT2D eigenvalue weighted by Crippen LogP contribution is 1.52. The number of hydrogen-bond acceptors (Lipinski definition) is 1. The molecule has 7 heavy (non-hydrogen) atoms. The van der Waals surface area contributed by atoms with Gasteiger partial charge in [-0.2, -0.15) is 5.26 Å². The van der Waals surface area contributed by atoms with Gasteiger partial charge in [0, 0.05) is 0 Å². The van der Waals surface area contributed by atoms with E-state index in [0.717, 1.165) is 0 Å². The molecule has 0 bridgehead atoms. The zero-order chi connectivity index (χ0) is 4.83. The monoisotopic (exact) mass is 113 g/mol. The van der Waals surface area contributed by atoms with Gasteiger partial charge >= 0.3 is 0 Å². The van der Waals surface area contributed by atoms with Crippen molar-refractivity contribution < 1.29 is 0 Å². The fraction of sp³-hybridized carbons (Fsp3) is 0. The second-order valence-electron chi connectivity index (χ2n) is 0.595.